The maximum atomic E-state index is 13.8. The number of ether oxygens (including phenoxy) is 2. The Bertz CT molecular complexity index is 1120. The van der Waals surface area contributed by atoms with Gasteiger partial charge in [0.05, 0.1) is 5.62 Å². The summed E-state index contributed by atoms with van der Waals surface area (Å²) in [6, 6.07) is 12.2. The minimum absolute atomic E-state index is 0.193. The molecule has 0 aliphatic rings. The largest absolute Gasteiger partial charge is 0.459 e. The molecule has 0 aliphatic carbocycles. The highest BCUT2D eigenvalue weighted by molar-refractivity contribution is 7.79. The number of hydrogen-bond donors (Lipinski definition) is 2. The Morgan fingerprint density at radius 1 is 0.684 bits per heavy atom. The maximum absolute atomic E-state index is 13.8. The zero-order valence-corrected chi connectivity index (χ0v) is 24.1. The van der Waals surface area contributed by atoms with Gasteiger partial charge in [-0.2, -0.15) is 0 Å². The molecule has 2 rings (SSSR count). The van der Waals surface area contributed by atoms with Crippen molar-refractivity contribution in [1.82, 2.24) is 10.6 Å². The van der Waals surface area contributed by atoms with Crippen molar-refractivity contribution in [3.8, 4) is 0 Å². The van der Waals surface area contributed by atoms with E-state index in [9.17, 15) is 23.7 Å². The molecule has 0 saturated heterocycles. The SMILES string of the molecule is CC(C)(C)OC(=O)CNC(=O)c1ccc(P(=O)(CCl)c2ccc(C(=O)NCC(=O)OC(C)(C)C)cc2)cc1. The first kappa shape index (κ1) is 31.1. The van der Waals surface area contributed by atoms with Gasteiger partial charge in [0.2, 0.25) is 0 Å². The van der Waals surface area contributed by atoms with Gasteiger partial charge in [-0.3, -0.25) is 19.2 Å². The first-order chi connectivity index (χ1) is 17.5. The van der Waals surface area contributed by atoms with Gasteiger partial charge >= 0.3 is 11.9 Å². The van der Waals surface area contributed by atoms with Crippen LogP contribution in [-0.4, -0.2) is 53.7 Å². The number of benzene rings is 2. The predicted molar refractivity (Wildman–Crippen MR) is 147 cm³/mol. The van der Waals surface area contributed by atoms with Crippen LogP contribution in [0.3, 0.4) is 0 Å². The zero-order chi connectivity index (χ0) is 28.7. The summed E-state index contributed by atoms with van der Waals surface area (Å²) in [6.45, 7) is 9.83. The molecule has 206 valence electrons. The molecule has 0 saturated carbocycles. The molecule has 2 aromatic carbocycles. The van der Waals surface area contributed by atoms with Gasteiger partial charge in [-0.15, -0.1) is 11.6 Å². The summed E-state index contributed by atoms with van der Waals surface area (Å²) in [6.07, 6.45) is 0. The lowest BCUT2D eigenvalue weighted by Gasteiger charge is -2.19. The van der Waals surface area contributed by atoms with Crippen molar-refractivity contribution in [3.63, 3.8) is 0 Å². The Kier molecular flexibility index (Phi) is 10.3. The Morgan fingerprint density at radius 3 is 1.26 bits per heavy atom. The zero-order valence-electron chi connectivity index (χ0n) is 22.4. The summed E-state index contributed by atoms with van der Waals surface area (Å²) in [5.74, 6) is -2.08. The van der Waals surface area contributed by atoms with E-state index in [1.165, 1.54) is 24.3 Å². The molecular weight excluding hydrogens is 531 g/mol. The minimum Gasteiger partial charge on any atom is -0.459 e. The second kappa shape index (κ2) is 12.6. The molecule has 11 heteroatoms. The van der Waals surface area contributed by atoms with Gasteiger partial charge in [0.15, 0.2) is 7.14 Å². The lowest BCUT2D eigenvalue weighted by Crippen LogP contribution is -2.34. The molecule has 0 spiro atoms. The highest BCUT2D eigenvalue weighted by Gasteiger charge is 2.27. The normalized spacial score (nSPS) is 11.9. The first-order valence-electron chi connectivity index (χ1n) is 11.9. The van der Waals surface area contributed by atoms with Crippen molar-refractivity contribution in [2.24, 2.45) is 0 Å². The molecule has 2 N–H and O–H groups in total. The Morgan fingerprint density at radius 2 is 1.00 bits per heavy atom. The van der Waals surface area contributed by atoms with Crippen molar-refractivity contribution in [2.75, 3.05) is 18.7 Å². The number of amides is 2. The van der Waals surface area contributed by atoms with E-state index in [1.807, 2.05) is 0 Å². The maximum Gasteiger partial charge on any atom is 0.325 e. The standard InChI is InChI=1S/C27H34ClN2O7P/c1-26(2,3)36-22(31)15-29-24(33)18-7-11-20(12-8-18)38(35,17-28)21-13-9-19(10-14-21)25(34)30-16-23(32)37-27(4,5)6/h7-14H,15-17H2,1-6H3,(H,29,33)(H,30,34). The van der Waals surface area contributed by atoms with E-state index >= 15 is 0 Å². The highest BCUT2D eigenvalue weighted by Crippen LogP contribution is 2.44. The third kappa shape index (κ3) is 9.30. The van der Waals surface area contributed by atoms with E-state index in [1.54, 1.807) is 65.8 Å². The van der Waals surface area contributed by atoms with Gasteiger partial charge in [-0.25, -0.2) is 0 Å². The van der Waals surface area contributed by atoms with Crippen LogP contribution < -0.4 is 21.2 Å². The van der Waals surface area contributed by atoms with E-state index in [2.05, 4.69) is 10.6 Å². The smallest absolute Gasteiger partial charge is 0.325 e. The van der Waals surface area contributed by atoms with Crippen molar-refractivity contribution in [2.45, 2.75) is 52.7 Å². The van der Waals surface area contributed by atoms with Crippen LogP contribution >= 0.6 is 18.7 Å². The molecule has 2 aromatic rings. The van der Waals surface area contributed by atoms with Crippen molar-refractivity contribution in [3.05, 3.63) is 59.7 Å². The summed E-state index contributed by atoms with van der Waals surface area (Å²) < 4.78 is 24.1. The summed E-state index contributed by atoms with van der Waals surface area (Å²) in [5.41, 5.74) is -0.963. The van der Waals surface area contributed by atoms with Gasteiger partial charge in [0, 0.05) is 21.7 Å². The lowest BCUT2D eigenvalue weighted by atomic mass is 10.2. The molecule has 0 atom stereocenters. The van der Waals surface area contributed by atoms with Gasteiger partial charge in [0.1, 0.15) is 24.3 Å². The molecular formula is C27H34ClN2O7P. The minimum atomic E-state index is -3.26. The number of rotatable bonds is 9. The Hall–Kier alpha value is -3.16. The summed E-state index contributed by atoms with van der Waals surface area (Å²) in [5, 5.41) is 5.85. The van der Waals surface area contributed by atoms with Crippen LogP contribution in [0.4, 0.5) is 0 Å². The molecule has 2 amide bonds. The average Bonchev–Trinajstić information content (AvgIpc) is 2.83. The van der Waals surface area contributed by atoms with Crippen molar-refractivity contribution >= 4 is 53.1 Å². The van der Waals surface area contributed by atoms with Crippen LogP contribution in [0.15, 0.2) is 48.5 Å². The van der Waals surface area contributed by atoms with E-state index in [0.717, 1.165) is 0 Å². The van der Waals surface area contributed by atoms with Crippen LogP contribution in [0.2, 0.25) is 0 Å². The van der Waals surface area contributed by atoms with Crippen LogP contribution in [0.1, 0.15) is 62.3 Å². The van der Waals surface area contributed by atoms with E-state index < -0.39 is 42.1 Å². The monoisotopic (exact) mass is 564 g/mol. The van der Waals surface area contributed by atoms with Crippen molar-refractivity contribution < 1.29 is 33.2 Å². The molecule has 0 unspecified atom stereocenters. The van der Waals surface area contributed by atoms with E-state index in [0.29, 0.717) is 10.6 Å². The fourth-order valence-corrected chi connectivity index (χ4v) is 5.92. The van der Waals surface area contributed by atoms with Crippen molar-refractivity contribution in [1.29, 1.82) is 0 Å². The third-order valence-electron chi connectivity index (χ3n) is 4.89. The number of hydrogen-bond acceptors (Lipinski definition) is 7. The topological polar surface area (TPSA) is 128 Å². The molecule has 0 aromatic heterocycles. The van der Waals surface area contributed by atoms with Gasteiger partial charge in [0.25, 0.3) is 11.8 Å². The predicted octanol–water partition coefficient (Wildman–Crippen LogP) is 3.34. The fourth-order valence-electron chi connectivity index (χ4n) is 3.26. The number of esters is 2. The highest BCUT2D eigenvalue weighted by atomic mass is 35.5. The number of nitrogens with one attached hydrogen (secondary N) is 2. The lowest BCUT2D eigenvalue weighted by molar-refractivity contribution is -0.154. The Balaban J connectivity index is 2.07. The van der Waals surface area contributed by atoms with Crippen LogP contribution in [0.25, 0.3) is 0 Å². The molecule has 0 fully saturated rings. The number of carbonyl (C=O) groups is 4. The Labute approximate surface area is 228 Å². The number of carbonyl (C=O) groups excluding carboxylic acids is 4. The molecule has 0 aliphatic heterocycles. The second-order valence-electron chi connectivity index (χ2n) is 10.5. The molecule has 38 heavy (non-hydrogen) atoms. The van der Waals surface area contributed by atoms with Crippen LogP contribution in [0, 0.1) is 0 Å². The number of alkyl halides is 1. The summed E-state index contributed by atoms with van der Waals surface area (Å²) >= 11 is 6.13. The second-order valence-corrected chi connectivity index (χ2v) is 14.0. The third-order valence-corrected chi connectivity index (χ3v) is 8.50. The molecule has 0 radical (unpaired) electrons. The van der Waals surface area contributed by atoms with Gasteiger partial charge in [-0.05, 0) is 65.8 Å². The first-order valence-corrected chi connectivity index (χ1v) is 14.3. The number of halogens is 1. The molecule has 9 nitrogen and oxygen atoms in total. The van der Waals surface area contributed by atoms with Gasteiger partial charge in [-0.1, -0.05) is 24.3 Å². The van der Waals surface area contributed by atoms with Crippen LogP contribution in [-0.2, 0) is 23.6 Å². The molecule has 0 heterocycles. The molecule has 0 bridgehead atoms. The van der Waals surface area contributed by atoms with E-state index in [4.69, 9.17) is 21.1 Å². The van der Waals surface area contributed by atoms with Gasteiger partial charge < -0.3 is 24.7 Å². The summed E-state index contributed by atoms with van der Waals surface area (Å²) in [4.78, 5) is 48.4. The quantitative estimate of drug-likeness (QED) is 0.271. The average molecular weight is 565 g/mol. The van der Waals surface area contributed by atoms with Crippen LogP contribution in [0.5, 0.6) is 0 Å². The summed E-state index contributed by atoms with van der Waals surface area (Å²) in [7, 11) is -3.26. The van der Waals surface area contributed by atoms with E-state index in [-0.39, 0.29) is 29.8 Å². The fraction of sp³-hybridized carbons (Fsp3) is 0.407.